The van der Waals surface area contributed by atoms with Gasteiger partial charge >= 0.3 is 6.18 Å². The molecule has 1 unspecified atom stereocenters. The van der Waals surface area contributed by atoms with Crippen LogP contribution in [0.3, 0.4) is 0 Å². The minimum absolute atomic E-state index is 0.117. The normalized spacial score (nSPS) is 17.3. The average molecular weight is 401 g/mol. The third-order valence-corrected chi connectivity index (χ3v) is 5.02. The van der Waals surface area contributed by atoms with Crippen LogP contribution in [0.25, 0.3) is 11.3 Å². The molecule has 0 saturated carbocycles. The maximum absolute atomic E-state index is 13.1. The minimum atomic E-state index is -4.43. The number of alkyl halides is 3. The number of nitrogens with zero attached hydrogens (tertiary/aromatic N) is 4. The third-order valence-electron chi connectivity index (χ3n) is 5.02. The SMILES string of the molecule is O=C(c1ccn[nH]1)N1CCCC(c2nccnc2-c2cccc(C(F)(F)F)c2)C1. The fourth-order valence-electron chi connectivity index (χ4n) is 3.64. The zero-order chi connectivity index (χ0) is 20.4. The molecule has 6 nitrogen and oxygen atoms in total. The fraction of sp³-hybridized carbons (Fsp3) is 0.300. The number of hydrogen-bond donors (Lipinski definition) is 1. The number of amides is 1. The van der Waals surface area contributed by atoms with Crippen LogP contribution in [0.4, 0.5) is 13.2 Å². The van der Waals surface area contributed by atoms with Crippen LogP contribution in [-0.2, 0) is 6.18 Å². The van der Waals surface area contributed by atoms with Crippen molar-refractivity contribution in [3.63, 3.8) is 0 Å². The molecule has 3 aromatic rings. The Morgan fingerprint density at radius 2 is 1.97 bits per heavy atom. The average Bonchev–Trinajstić information content (AvgIpc) is 3.28. The van der Waals surface area contributed by atoms with Crippen molar-refractivity contribution in [2.45, 2.75) is 24.9 Å². The zero-order valence-corrected chi connectivity index (χ0v) is 15.4. The summed E-state index contributed by atoms with van der Waals surface area (Å²) in [6.07, 6.45) is 1.62. The van der Waals surface area contributed by atoms with Crippen LogP contribution in [-0.4, -0.2) is 44.1 Å². The van der Waals surface area contributed by atoms with Crippen LogP contribution in [0.2, 0.25) is 0 Å². The van der Waals surface area contributed by atoms with Crippen molar-refractivity contribution in [2.75, 3.05) is 13.1 Å². The predicted molar refractivity (Wildman–Crippen MR) is 98.9 cm³/mol. The maximum atomic E-state index is 13.1. The van der Waals surface area contributed by atoms with Crippen molar-refractivity contribution < 1.29 is 18.0 Å². The van der Waals surface area contributed by atoms with Gasteiger partial charge in [-0.15, -0.1) is 0 Å². The number of halogens is 3. The number of nitrogens with one attached hydrogen (secondary N) is 1. The molecule has 0 spiro atoms. The summed E-state index contributed by atoms with van der Waals surface area (Å²) in [5.74, 6) is -0.273. The lowest BCUT2D eigenvalue weighted by atomic mass is 9.91. The van der Waals surface area contributed by atoms with Crippen molar-refractivity contribution in [3.8, 4) is 11.3 Å². The van der Waals surface area contributed by atoms with E-state index in [2.05, 4.69) is 20.2 Å². The van der Waals surface area contributed by atoms with Gasteiger partial charge in [-0.25, -0.2) is 0 Å². The summed E-state index contributed by atoms with van der Waals surface area (Å²) in [6, 6.07) is 6.70. The highest BCUT2D eigenvalue weighted by Gasteiger charge is 2.32. The van der Waals surface area contributed by atoms with Gasteiger partial charge in [0.15, 0.2) is 0 Å². The Kier molecular flexibility index (Phi) is 5.04. The standard InChI is InChI=1S/C20H18F3N5O/c21-20(22,23)15-5-1-3-13(11-15)17-18(25-9-8-24-17)14-4-2-10-28(12-14)19(29)16-6-7-26-27-16/h1,3,5-9,11,14H,2,4,10,12H2,(H,26,27). The third kappa shape index (κ3) is 3.98. The number of H-pyrrole nitrogens is 1. The molecule has 1 aliphatic heterocycles. The highest BCUT2D eigenvalue weighted by atomic mass is 19.4. The molecular weight excluding hydrogens is 383 g/mol. The molecule has 2 aromatic heterocycles. The number of aromatic amines is 1. The molecule has 1 aromatic carbocycles. The molecule has 1 fully saturated rings. The molecule has 9 heteroatoms. The van der Waals surface area contributed by atoms with E-state index in [0.29, 0.717) is 35.7 Å². The second-order valence-corrected chi connectivity index (χ2v) is 6.93. The Labute approximate surface area is 164 Å². The maximum Gasteiger partial charge on any atom is 0.416 e. The number of carbonyl (C=O) groups excluding carboxylic acids is 1. The first-order valence-corrected chi connectivity index (χ1v) is 9.20. The first kappa shape index (κ1) is 19.1. The Morgan fingerprint density at radius 1 is 1.14 bits per heavy atom. The van der Waals surface area contributed by atoms with Gasteiger partial charge in [-0.2, -0.15) is 18.3 Å². The van der Waals surface area contributed by atoms with E-state index in [-0.39, 0.29) is 11.8 Å². The highest BCUT2D eigenvalue weighted by molar-refractivity contribution is 5.92. The largest absolute Gasteiger partial charge is 0.416 e. The number of piperidine rings is 1. The van der Waals surface area contributed by atoms with E-state index in [1.807, 2.05) is 0 Å². The van der Waals surface area contributed by atoms with E-state index < -0.39 is 11.7 Å². The Hall–Kier alpha value is -3.23. The molecule has 0 aliphatic carbocycles. The van der Waals surface area contributed by atoms with Gasteiger partial charge in [-0.1, -0.05) is 12.1 Å². The molecule has 1 aliphatic rings. The van der Waals surface area contributed by atoms with Gasteiger partial charge in [-0.05, 0) is 31.0 Å². The lowest BCUT2D eigenvalue weighted by Crippen LogP contribution is -2.39. The Bertz CT molecular complexity index is 1000. The summed E-state index contributed by atoms with van der Waals surface area (Å²) >= 11 is 0. The molecule has 29 heavy (non-hydrogen) atoms. The minimum Gasteiger partial charge on any atom is -0.337 e. The van der Waals surface area contributed by atoms with Crippen molar-refractivity contribution in [1.82, 2.24) is 25.1 Å². The number of aromatic nitrogens is 4. The lowest BCUT2D eigenvalue weighted by Gasteiger charge is -2.32. The smallest absolute Gasteiger partial charge is 0.337 e. The van der Waals surface area contributed by atoms with E-state index in [9.17, 15) is 18.0 Å². The van der Waals surface area contributed by atoms with Gasteiger partial charge in [0.2, 0.25) is 0 Å². The highest BCUT2D eigenvalue weighted by Crippen LogP contribution is 2.35. The summed E-state index contributed by atoms with van der Waals surface area (Å²) < 4.78 is 39.4. The molecule has 0 radical (unpaired) electrons. The van der Waals surface area contributed by atoms with Crippen LogP contribution in [0.5, 0.6) is 0 Å². The second-order valence-electron chi connectivity index (χ2n) is 6.93. The van der Waals surface area contributed by atoms with E-state index in [1.165, 1.54) is 24.7 Å². The molecule has 150 valence electrons. The molecule has 1 N–H and O–H groups in total. The zero-order valence-electron chi connectivity index (χ0n) is 15.4. The van der Waals surface area contributed by atoms with Gasteiger partial charge in [-0.3, -0.25) is 19.9 Å². The molecule has 4 rings (SSSR count). The topological polar surface area (TPSA) is 74.8 Å². The summed E-state index contributed by atoms with van der Waals surface area (Å²) in [5, 5.41) is 6.48. The number of carbonyl (C=O) groups is 1. The van der Waals surface area contributed by atoms with Gasteiger partial charge < -0.3 is 4.90 Å². The molecule has 3 heterocycles. The van der Waals surface area contributed by atoms with Crippen molar-refractivity contribution >= 4 is 5.91 Å². The van der Waals surface area contributed by atoms with Gasteiger partial charge in [0.1, 0.15) is 5.69 Å². The molecular formula is C20H18F3N5O. The van der Waals surface area contributed by atoms with Crippen molar-refractivity contribution in [1.29, 1.82) is 0 Å². The van der Waals surface area contributed by atoms with Gasteiger partial charge in [0.25, 0.3) is 5.91 Å². The number of rotatable bonds is 3. The van der Waals surface area contributed by atoms with Gasteiger partial charge in [0.05, 0.1) is 17.0 Å². The van der Waals surface area contributed by atoms with Crippen LogP contribution in [0.15, 0.2) is 48.9 Å². The van der Waals surface area contributed by atoms with Crippen LogP contribution >= 0.6 is 0 Å². The summed E-state index contributed by atoms with van der Waals surface area (Å²) in [7, 11) is 0. The Balaban J connectivity index is 1.64. The van der Waals surface area contributed by atoms with E-state index in [0.717, 1.165) is 25.0 Å². The molecule has 1 saturated heterocycles. The quantitative estimate of drug-likeness (QED) is 0.722. The van der Waals surface area contributed by atoms with Crippen LogP contribution < -0.4 is 0 Å². The predicted octanol–water partition coefficient (Wildman–Crippen LogP) is 3.91. The first-order chi connectivity index (χ1) is 13.9. The monoisotopic (exact) mass is 401 g/mol. The number of benzene rings is 1. The summed E-state index contributed by atoms with van der Waals surface area (Å²) in [4.78, 5) is 23.1. The van der Waals surface area contributed by atoms with Gasteiger partial charge in [0, 0.05) is 43.2 Å². The number of hydrogen-bond acceptors (Lipinski definition) is 4. The first-order valence-electron chi connectivity index (χ1n) is 9.20. The molecule has 1 atom stereocenters. The molecule has 1 amide bonds. The van der Waals surface area contributed by atoms with Crippen LogP contribution in [0.1, 0.15) is 40.5 Å². The second kappa shape index (κ2) is 7.65. The number of likely N-dealkylation sites (tertiary alicyclic amines) is 1. The fourth-order valence-corrected chi connectivity index (χ4v) is 3.64. The summed E-state index contributed by atoms with van der Waals surface area (Å²) in [6.45, 7) is 1.02. The molecule has 0 bridgehead atoms. The summed E-state index contributed by atoms with van der Waals surface area (Å²) in [5.41, 5.74) is 1.06. The lowest BCUT2D eigenvalue weighted by molar-refractivity contribution is -0.137. The van der Waals surface area contributed by atoms with E-state index in [4.69, 9.17) is 0 Å². The van der Waals surface area contributed by atoms with Crippen molar-refractivity contribution in [3.05, 3.63) is 65.9 Å². The Morgan fingerprint density at radius 3 is 2.72 bits per heavy atom. The van der Waals surface area contributed by atoms with Crippen LogP contribution in [0, 0.1) is 0 Å². The van der Waals surface area contributed by atoms with E-state index in [1.54, 1.807) is 17.0 Å². The van der Waals surface area contributed by atoms with Crippen molar-refractivity contribution in [2.24, 2.45) is 0 Å². The van der Waals surface area contributed by atoms with E-state index >= 15 is 0 Å².